The van der Waals surface area contributed by atoms with Gasteiger partial charge < -0.3 is 4.52 Å². The monoisotopic (exact) mass is 512 g/mol. The highest BCUT2D eigenvalue weighted by Gasteiger charge is 2.20. The highest BCUT2D eigenvalue weighted by atomic mass is 19.1. The van der Waals surface area contributed by atoms with Gasteiger partial charge in [0.15, 0.2) is 5.78 Å². The van der Waals surface area contributed by atoms with Gasteiger partial charge in [-0.15, -0.1) is 0 Å². The second-order valence-corrected chi connectivity index (χ2v) is 11.0. The fourth-order valence-corrected chi connectivity index (χ4v) is 5.82. The zero-order valence-electron chi connectivity index (χ0n) is 22.3. The van der Waals surface area contributed by atoms with E-state index in [0.29, 0.717) is 24.1 Å². The van der Waals surface area contributed by atoms with Gasteiger partial charge in [-0.25, -0.2) is 4.39 Å². The Morgan fingerprint density at radius 1 is 0.974 bits per heavy atom. The van der Waals surface area contributed by atoms with Crippen molar-refractivity contribution in [2.24, 2.45) is 11.8 Å². The number of aryl methyl sites for hydroxylation is 3. The maximum absolute atomic E-state index is 13.0. The quantitative estimate of drug-likeness (QED) is 0.173. The Hall–Kier alpha value is -3.34. The van der Waals surface area contributed by atoms with Crippen molar-refractivity contribution in [2.45, 2.75) is 77.6 Å². The van der Waals surface area contributed by atoms with Crippen molar-refractivity contribution < 1.29 is 13.7 Å². The summed E-state index contributed by atoms with van der Waals surface area (Å²) in [7, 11) is 0. The molecule has 2 aliphatic carbocycles. The Labute approximate surface area is 225 Å². The van der Waals surface area contributed by atoms with E-state index in [9.17, 15) is 9.18 Å². The second-order valence-electron chi connectivity index (χ2n) is 11.0. The van der Waals surface area contributed by atoms with E-state index in [-0.39, 0.29) is 11.6 Å². The van der Waals surface area contributed by atoms with Crippen LogP contribution in [0.4, 0.5) is 4.39 Å². The molecule has 38 heavy (non-hydrogen) atoms. The topological polar surface area (TPSA) is 56.0 Å². The number of halogens is 1. The van der Waals surface area contributed by atoms with Crippen LogP contribution < -0.4 is 0 Å². The standard InChI is InChI=1S/C33H37FN2O2/c1-23-35-33(36-38-23)30-17-16-28-14-8-26(9-15-29(28)22-30)7-4-24-2-5-25(6-3-24)12-20-32(37)21-13-27-10-18-31(34)19-11-27/h4,10-11,13,16-19,21-22,25-26H,2-3,5-9,12,14-15,20H2,1H3/b21-13+,24-4?. The van der Waals surface area contributed by atoms with Gasteiger partial charge in [0, 0.05) is 18.9 Å². The lowest BCUT2D eigenvalue weighted by Gasteiger charge is -2.24. The summed E-state index contributed by atoms with van der Waals surface area (Å²) in [4.78, 5) is 16.7. The van der Waals surface area contributed by atoms with Gasteiger partial charge in [-0.3, -0.25) is 4.79 Å². The van der Waals surface area contributed by atoms with E-state index >= 15 is 0 Å². The molecule has 2 aromatic carbocycles. The van der Waals surface area contributed by atoms with Gasteiger partial charge >= 0.3 is 0 Å². The van der Waals surface area contributed by atoms with Crippen molar-refractivity contribution in [1.29, 1.82) is 0 Å². The summed E-state index contributed by atoms with van der Waals surface area (Å²) in [5, 5.41) is 4.08. The average molecular weight is 513 g/mol. The van der Waals surface area contributed by atoms with Crippen molar-refractivity contribution in [3.8, 4) is 11.4 Å². The number of aromatic nitrogens is 2. The molecule has 198 valence electrons. The van der Waals surface area contributed by atoms with Crippen LogP contribution >= 0.6 is 0 Å². The van der Waals surface area contributed by atoms with Gasteiger partial charge in [-0.05, 0) is 117 Å². The molecule has 0 bridgehead atoms. The van der Waals surface area contributed by atoms with Crippen LogP contribution in [0.15, 0.2) is 64.7 Å². The maximum atomic E-state index is 13.0. The third kappa shape index (κ3) is 7.15. The van der Waals surface area contributed by atoms with Crippen LogP contribution in [0, 0.1) is 24.6 Å². The molecular formula is C33H37FN2O2. The molecule has 2 aliphatic rings. The molecule has 5 heteroatoms. The predicted octanol–water partition coefficient (Wildman–Crippen LogP) is 8.25. The summed E-state index contributed by atoms with van der Waals surface area (Å²) in [6.07, 6.45) is 18.1. The SMILES string of the molecule is Cc1nc(-c2ccc3c(c2)CCC(CC=C2CCC(CCC(=O)/C=C/c4ccc(F)cc4)CC2)CC3)no1. The van der Waals surface area contributed by atoms with Crippen molar-refractivity contribution in [3.05, 3.63) is 88.6 Å². The average Bonchev–Trinajstić information content (AvgIpc) is 3.27. The number of nitrogens with zero attached hydrogens (tertiary/aromatic N) is 2. The number of hydrogen-bond acceptors (Lipinski definition) is 4. The highest BCUT2D eigenvalue weighted by molar-refractivity contribution is 5.93. The van der Waals surface area contributed by atoms with E-state index in [1.54, 1.807) is 29.9 Å². The Morgan fingerprint density at radius 3 is 2.45 bits per heavy atom. The molecule has 0 radical (unpaired) electrons. The molecule has 0 aliphatic heterocycles. The molecule has 1 unspecified atom stereocenters. The molecule has 0 spiro atoms. The minimum atomic E-state index is -0.259. The van der Waals surface area contributed by atoms with Gasteiger partial charge in [0.25, 0.3) is 0 Å². The van der Waals surface area contributed by atoms with E-state index in [2.05, 4.69) is 34.4 Å². The Morgan fingerprint density at radius 2 is 1.71 bits per heavy atom. The number of rotatable bonds is 8. The fourth-order valence-electron chi connectivity index (χ4n) is 5.82. The molecule has 0 saturated heterocycles. The van der Waals surface area contributed by atoms with Gasteiger partial charge in [0.1, 0.15) is 5.82 Å². The summed E-state index contributed by atoms with van der Waals surface area (Å²) in [5.74, 6) is 2.54. The highest BCUT2D eigenvalue weighted by Crippen LogP contribution is 2.34. The third-order valence-electron chi connectivity index (χ3n) is 8.25. The van der Waals surface area contributed by atoms with Crippen molar-refractivity contribution in [3.63, 3.8) is 0 Å². The number of carbonyl (C=O) groups excluding carboxylic acids is 1. The largest absolute Gasteiger partial charge is 0.339 e. The fraction of sp³-hybridized carbons (Fsp3) is 0.424. The van der Waals surface area contributed by atoms with Crippen LogP contribution in [0.2, 0.25) is 0 Å². The second kappa shape index (κ2) is 12.5. The lowest BCUT2D eigenvalue weighted by Crippen LogP contribution is -2.10. The normalized spacial score (nSPS) is 19.8. The van der Waals surface area contributed by atoms with Crippen LogP contribution in [0.5, 0.6) is 0 Å². The smallest absolute Gasteiger partial charge is 0.223 e. The van der Waals surface area contributed by atoms with Crippen LogP contribution in [-0.2, 0) is 17.6 Å². The molecule has 1 fully saturated rings. The first kappa shape index (κ1) is 26.3. The maximum Gasteiger partial charge on any atom is 0.223 e. The molecular weight excluding hydrogens is 475 g/mol. The summed E-state index contributed by atoms with van der Waals surface area (Å²) in [6, 6.07) is 12.8. The third-order valence-corrected chi connectivity index (χ3v) is 8.25. The van der Waals surface area contributed by atoms with E-state index in [4.69, 9.17) is 4.52 Å². The van der Waals surface area contributed by atoms with Gasteiger partial charge in [-0.2, -0.15) is 4.98 Å². The first-order valence-electron chi connectivity index (χ1n) is 14.1. The summed E-state index contributed by atoms with van der Waals surface area (Å²) >= 11 is 0. The predicted molar refractivity (Wildman–Crippen MR) is 149 cm³/mol. The number of benzene rings is 2. The van der Waals surface area contributed by atoms with E-state index in [1.165, 1.54) is 68.2 Å². The van der Waals surface area contributed by atoms with E-state index < -0.39 is 0 Å². The zero-order chi connectivity index (χ0) is 26.3. The number of allylic oxidation sites excluding steroid dienone is 3. The number of carbonyl (C=O) groups is 1. The van der Waals surface area contributed by atoms with E-state index in [1.807, 2.05) is 6.92 Å². The lowest BCUT2D eigenvalue weighted by atomic mass is 9.82. The van der Waals surface area contributed by atoms with Gasteiger partial charge in [0.05, 0.1) is 0 Å². The van der Waals surface area contributed by atoms with Crippen molar-refractivity contribution in [2.75, 3.05) is 0 Å². The number of fused-ring (bicyclic) bond motifs is 1. The van der Waals surface area contributed by atoms with Crippen LogP contribution in [0.25, 0.3) is 17.5 Å². The van der Waals surface area contributed by atoms with Crippen molar-refractivity contribution >= 4 is 11.9 Å². The van der Waals surface area contributed by atoms with Crippen LogP contribution in [0.3, 0.4) is 0 Å². The van der Waals surface area contributed by atoms with E-state index in [0.717, 1.165) is 36.3 Å². The summed E-state index contributed by atoms with van der Waals surface area (Å²) in [5.41, 5.74) is 6.41. The Balaban J connectivity index is 1.04. The minimum absolute atomic E-state index is 0.157. The minimum Gasteiger partial charge on any atom is -0.339 e. The lowest BCUT2D eigenvalue weighted by molar-refractivity contribution is -0.114. The Bertz CT molecular complexity index is 1290. The zero-order valence-corrected chi connectivity index (χ0v) is 22.3. The first-order valence-corrected chi connectivity index (χ1v) is 14.1. The number of ketones is 1. The molecule has 3 aromatic rings. The van der Waals surface area contributed by atoms with Crippen LogP contribution in [-0.4, -0.2) is 15.9 Å². The molecule has 4 nitrogen and oxygen atoms in total. The Kier molecular flexibility index (Phi) is 8.62. The number of hydrogen-bond donors (Lipinski definition) is 0. The molecule has 0 N–H and O–H groups in total. The summed E-state index contributed by atoms with van der Waals surface area (Å²) in [6.45, 7) is 1.82. The van der Waals surface area contributed by atoms with Crippen molar-refractivity contribution in [1.82, 2.24) is 10.1 Å². The van der Waals surface area contributed by atoms with Gasteiger partial charge in [-0.1, -0.05) is 47.1 Å². The molecule has 0 amide bonds. The first-order chi connectivity index (χ1) is 18.5. The molecule has 1 atom stereocenters. The molecule has 1 aromatic heterocycles. The van der Waals surface area contributed by atoms with Gasteiger partial charge in [0.2, 0.25) is 11.7 Å². The molecule has 1 heterocycles. The molecule has 1 saturated carbocycles. The molecule has 5 rings (SSSR count). The summed E-state index contributed by atoms with van der Waals surface area (Å²) < 4.78 is 18.2. The van der Waals surface area contributed by atoms with Crippen LogP contribution in [0.1, 0.15) is 80.4 Å².